The zero-order valence-corrected chi connectivity index (χ0v) is 13.1. The van der Waals surface area contributed by atoms with E-state index < -0.39 is 8.32 Å². The average molecular weight is 274 g/mol. The highest BCUT2D eigenvalue weighted by Crippen LogP contribution is 2.39. The second kappa shape index (κ2) is 4.87. The summed E-state index contributed by atoms with van der Waals surface area (Å²) in [7, 11) is -1.71. The standard InChI is InChI=1S/C13H26O4Si/c1-13(2,3)18(4,5)15-8-9-6-10-12(17-10)11(7-14)16-9/h9-12,14H,6-8H2,1-5H3/t9-,10+,11-,12+/m0/s1. The zero-order valence-electron chi connectivity index (χ0n) is 12.1. The molecule has 0 saturated carbocycles. The molecule has 4 atom stereocenters. The first-order valence-electron chi connectivity index (χ1n) is 6.80. The number of hydrogen-bond donors (Lipinski definition) is 1. The van der Waals surface area contributed by atoms with E-state index in [0.29, 0.717) is 6.61 Å². The van der Waals surface area contributed by atoms with Crippen LogP contribution in [-0.2, 0) is 13.9 Å². The lowest BCUT2D eigenvalue weighted by atomic mass is 10.1. The first-order valence-corrected chi connectivity index (χ1v) is 9.71. The topological polar surface area (TPSA) is 51.2 Å². The lowest BCUT2D eigenvalue weighted by Gasteiger charge is -2.38. The Morgan fingerprint density at radius 1 is 1.28 bits per heavy atom. The SMILES string of the molecule is CC(C)(C)[Si](C)(C)OC[C@@H]1C[C@H]2O[C@H]2[C@H](CO)O1. The molecule has 2 aliphatic rings. The van der Waals surface area contributed by atoms with Crippen LogP contribution in [0.5, 0.6) is 0 Å². The number of aliphatic hydroxyl groups is 1. The van der Waals surface area contributed by atoms with Gasteiger partial charge in [-0.05, 0) is 18.1 Å². The molecule has 5 heteroatoms. The van der Waals surface area contributed by atoms with Crippen LogP contribution in [0.2, 0.25) is 18.1 Å². The predicted octanol–water partition coefficient (Wildman–Crippen LogP) is 1.93. The van der Waals surface area contributed by atoms with Gasteiger partial charge in [-0.15, -0.1) is 0 Å². The van der Waals surface area contributed by atoms with Crippen molar-refractivity contribution in [3.05, 3.63) is 0 Å². The van der Waals surface area contributed by atoms with Gasteiger partial charge in [0.15, 0.2) is 8.32 Å². The zero-order chi connectivity index (χ0) is 13.6. The van der Waals surface area contributed by atoms with Crippen LogP contribution >= 0.6 is 0 Å². The van der Waals surface area contributed by atoms with Crippen molar-refractivity contribution in [1.29, 1.82) is 0 Å². The Balaban J connectivity index is 1.84. The lowest BCUT2D eigenvalue weighted by Crippen LogP contribution is -2.45. The highest BCUT2D eigenvalue weighted by molar-refractivity contribution is 6.74. The van der Waals surface area contributed by atoms with Gasteiger partial charge in [0.1, 0.15) is 12.2 Å². The summed E-state index contributed by atoms with van der Waals surface area (Å²) in [6, 6.07) is 0. The Bertz CT molecular complexity index is 300. The molecule has 2 rings (SSSR count). The number of hydrogen-bond acceptors (Lipinski definition) is 4. The highest BCUT2D eigenvalue weighted by atomic mass is 28.4. The third kappa shape index (κ3) is 2.96. The molecule has 18 heavy (non-hydrogen) atoms. The molecule has 2 saturated heterocycles. The van der Waals surface area contributed by atoms with Crippen molar-refractivity contribution in [1.82, 2.24) is 0 Å². The first-order chi connectivity index (χ1) is 8.24. The van der Waals surface area contributed by atoms with Crippen LogP contribution in [0.4, 0.5) is 0 Å². The van der Waals surface area contributed by atoms with Gasteiger partial charge in [-0.2, -0.15) is 0 Å². The molecule has 0 unspecified atom stereocenters. The van der Waals surface area contributed by atoms with Crippen LogP contribution in [0.25, 0.3) is 0 Å². The minimum absolute atomic E-state index is 0.0394. The Morgan fingerprint density at radius 3 is 2.50 bits per heavy atom. The van der Waals surface area contributed by atoms with Gasteiger partial charge in [-0.3, -0.25) is 0 Å². The van der Waals surface area contributed by atoms with E-state index in [1.54, 1.807) is 0 Å². The molecule has 0 aromatic rings. The second-order valence-electron chi connectivity index (χ2n) is 6.93. The Labute approximate surface area is 111 Å². The molecule has 4 nitrogen and oxygen atoms in total. The third-order valence-electron chi connectivity index (χ3n) is 4.47. The Morgan fingerprint density at radius 2 is 1.94 bits per heavy atom. The van der Waals surface area contributed by atoms with E-state index in [4.69, 9.17) is 13.9 Å². The summed E-state index contributed by atoms with van der Waals surface area (Å²) in [5.74, 6) is 0. The van der Waals surface area contributed by atoms with E-state index in [1.165, 1.54) is 0 Å². The molecule has 0 bridgehead atoms. The molecule has 0 radical (unpaired) electrons. The van der Waals surface area contributed by atoms with Crippen molar-refractivity contribution in [3.63, 3.8) is 0 Å². The molecular weight excluding hydrogens is 248 g/mol. The van der Waals surface area contributed by atoms with Crippen LogP contribution in [0.1, 0.15) is 27.2 Å². The molecular formula is C13H26O4Si. The fraction of sp³-hybridized carbons (Fsp3) is 1.00. The van der Waals surface area contributed by atoms with Crippen molar-refractivity contribution in [2.45, 2.75) is 69.7 Å². The van der Waals surface area contributed by atoms with Crippen LogP contribution in [0.3, 0.4) is 0 Å². The Kier molecular flexibility index (Phi) is 3.91. The highest BCUT2D eigenvalue weighted by Gasteiger charge is 2.51. The molecule has 0 aliphatic carbocycles. The van der Waals surface area contributed by atoms with E-state index in [1.807, 2.05) is 0 Å². The van der Waals surface area contributed by atoms with Gasteiger partial charge in [0.2, 0.25) is 0 Å². The predicted molar refractivity (Wildman–Crippen MR) is 72.2 cm³/mol. The summed E-state index contributed by atoms with van der Waals surface area (Å²) in [6.45, 7) is 11.9. The first kappa shape index (κ1) is 14.5. The van der Waals surface area contributed by atoms with Crippen molar-refractivity contribution < 1.29 is 19.0 Å². The van der Waals surface area contributed by atoms with E-state index >= 15 is 0 Å². The van der Waals surface area contributed by atoms with Gasteiger partial charge in [-0.1, -0.05) is 20.8 Å². The van der Waals surface area contributed by atoms with Crippen molar-refractivity contribution >= 4 is 8.32 Å². The van der Waals surface area contributed by atoms with Crippen LogP contribution < -0.4 is 0 Å². The van der Waals surface area contributed by atoms with Gasteiger partial charge < -0.3 is 19.0 Å². The molecule has 2 heterocycles. The molecule has 0 spiro atoms. The summed E-state index contributed by atoms with van der Waals surface area (Å²) in [5.41, 5.74) is 0. The normalized spacial score (nSPS) is 36.3. The van der Waals surface area contributed by atoms with Gasteiger partial charge >= 0.3 is 0 Å². The number of fused-ring (bicyclic) bond motifs is 1. The van der Waals surface area contributed by atoms with E-state index in [0.717, 1.165) is 6.42 Å². The quantitative estimate of drug-likeness (QED) is 0.628. The average Bonchev–Trinajstić information content (AvgIpc) is 3.02. The summed E-state index contributed by atoms with van der Waals surface area (Å²) < 4.78 is 17.5. The van der Waals surface area contributed by atoms with Crippen LogP contribution in [0, 0.1) is 0 Å². The number of rotatable bonds is 4. The number of epoxide rings is 1. The lowest BCUT2D eigenvalue weighted by molar-refractivity contribution is -0.0778. The smallest absolute Gasteiger partial charge is 0.192 e. The fourth-order valence-corrected chi connectivity index (χ4v) is 3.12. The molecule has 0 aromatic heterocycles. The maximum atomic E-state index is 9.23. The maximum Gasteiger partial charge on any atom is 0.192 e. The fourth-order valence-electron chi connectivity index (χ4n) is 2.08. The van der Waals surface area contributed by atoms with Crippen LogP contribution in [-0.4, -0.2) is 51.1 Å². The summed E-state index contributed by atoms with van der Waals surface area (Å²) in [4.78, 5) is 0. The maximum absolute atomic E-state index is 9.23. The molecule has 1 N–H and O–H groups in total. The summed E-state index contributed by atoms with van der Waals surface area (Å²) in [6.07, 6.45) is 1.22. The molecule has 2 aliphatic heterocycles. The van der Waals surface area contributed by atoms with Crippen molar-refractivity contribution in [2.75, 3.05) is 13.2 Å². The van der Waals surface area contributed by atoms with Crippen molar-refractivity contribution in [3.8, 4) is 0 Å². The molecule has 2 fully saturated rings. The van der Waals surface area contributed by atoms with Gasteiger partial charge in [-0.25, -0.2) is 0 Å². The minimum Gasteiger partial charge on any atom is -0.414 e. The third-order valence-corrected chi connectivity index (χ3v) is 8.97. The minimum atomic E-state index is -1.71. The van der Waals surface area contributed by atoms with E-state index in [9.17, 15) is 5.11 Å². The second-order valence-corrected chi connectivity index (χ2v) is 11.7. The summed E-state index contributed by atoms with van der Waals surface area (Å²) >= 11 is 0. The monoisotopic (exact) mass is 274 g/mol. The summed E-state index contributed by atoms with van der Waals surface area (Å²) in [5, 5.41) is 9.45. The number of ether oxygens (including phenoxy) is 2. The van der Waals surface area contributed by atoms with Gasteiger partial charge in [0.25, 0.3) is 0 Å². The van der Waals surface area contributed by atoms with Gasteiger partial charge in [0, 0.05) is 6.42 Å². The van der Waals surface area contributed by atoms with E-state index in [2.05, 4.69) is 33.9 Å². The molecule has 0 amide bonds. The molecule has 0 aromatic carbocycles. The molecule has 106 valence electrons. The Hall–Kier alpha value is 0.0569. The van der Waals surface area contributed by atoms with Crippen LogP contribution in [0.15, 0.2) is 0 Å². The van der Waals surface area contributed by atoms with E-state index in [-0.39, 0.29) is 36.1 Å². The number of aliphatic hydroxyl groups excluding tert-OH is 1. The largest absolute Gasteiger partial charge is 0.414 e. The van der Waals surface area contributed by atoms with Crippen molar-refractivity contribution in [2.24, 2.45) is 0 Å². The van der Waals surface area contributed by atoms with Gasteiger partial charge in [0.05, 0.1) is 25.4 Å².